The number of nitrogens with two attached hydrogens (primary N) is 1. The number of benzene rings is 2. The molecule has 0 spiro atoms. The lowest BCUT2D eigenvalue weighted by Gasteiger charge is -2.31. The Kier molecular flexibility index (Phi) is 7.21. The number of carbonyl (C=O) groups excluding carboxylic acids is 2. The van der Waals surface area contributed by atoms with E-state index < -0.39 is 0 Å². The zero-order chi connectivity index (χ0) is 27.4. The van der Waals surface area contributed by atoms with E-state index in [4.69, 9.17) is 28.9 Å². The lowest BCUT2D eigenvalue weighted by molar-refractivity contribution is -0.128. The van der Waals surface area contributed by atoms with Crippen LogP contribution in [0.3, 0.4) is 0 Å². The van der Waals surface area contributed by atoms with Crippen molar-refractivity contribution >= 4 is 68.9 Å². The largest absolute Gasteiger partial charge is 0.398 e. The Hall–Kier alpha value is -2.45. The normalized spacial score (nSPS) is 25.5. The number of hydrogen-bond acceptors (Lipinski definition) is 5. The van der Waals surface area contributed by atoms with Crippen molar-refractivity contribution in [2.24, 2.45) is 11.8 Å². The lowest BCUT2D eigenvalue weighted by Crippen LogP contribution is -2.42. The fourth-order valence-electron chi connectivity index (χ4n) is 6.67. The molecule has 39 heavy (non-hydrogen) atoms. The zero-order valence-corrected chi connectivity index (χ0v) is 24.4. The molecule has 4 aliphatic rings. The molecule has 4 atom stereocenters. The number of hydrogen-bond donors (Lipinski definition) is 2. The van der Waals surface area contributed by atoms with E-state index in [1.807, 2.05) is 47.0 Å². The van der Waals surface area contributed by atoms with Gasteiger partial charge in [0.05, 0.1) is 13.1 Å². The second kappa shape index (κ2) is 10.5. The number of anilines is 2. The van der Waals surface area contributed by atoms with Crippen LogP contribution >= 0.6 is 35.0 Å². The van der Waals surface area contributed by atoms with Gasteiger partial charge >= 0.3 is 0 Å². The van der Waals surface area contributed by atoms with Gasteiger partial charge in [0, 0.05) is 70.3 Å². The summed E-state index contributed by atoms with van der Waals surface area (Å²) < 4.78 is 0. The third kappa shape index (κ3) is 4.38. The average Bonchev–Trinajstić information content (AvgIpc) is 3.62. The number of rotatable bonds is 6. The number of nitrogens with zero attached hydrogens (tertiary/aromatic N) is 2. The van der Waals surface area contributed by atoms with Crippen molar-refractivity contribution in [2.75, 3.05) is 48.6 Å². The van der Waals surface area contributed by atoms with Gasteiger partial charge in [0.25, 0.3) is 0 Å². The molecular formula is C30H32Cl2N4O2S. The monoisotopic (exact) mass is 582 g/mol. The summed E-state index contributed by atoms with van der Waals surface area (Å²) >= 11 is 14.6. The highest BCUT2D eigenvalue weighted by molar-refractivity contribution is 8.03. The third-order valence-corrected chi connectivity index (χ3v) is 10.7. The molecule has 2 aromatic rings. The predicted molar refractivity (Wildman–Crippen MR) is 162 cm³/mol. The van der Waals surface area contributed by atoms with Crippen LogP contribution in [0.2, 0.25) is 0 Å². The Bertz CT molecular complexity index is 1470. The molecule has 204 valence electrons. The van der Waals surface area contributed by atoms with Gasteiger partial charge in [-0.25, -0.2) is 0 Å². The quantitative estimate of drug-likeness (QED) is 0.360. The van der Waals surface area contributed by atoms with Crippen LogP contribution in [0.15, 0.2) is 64.2 Å². The van der Waals surface area contributed by atoms with Crippen molar-refractivity contribution in [3.63, 3.8) is 0 Å². The van der Waals surface area contributed by atoms with E-state index in [0.717, 1.165) is 27.7 Å². The summed E-state index contributed by atoms with van der Waals surface area (Å²) in [6.07, 6.45) is 2.16. The van der Waals surface area contributed by atoms with E-state index in [1.165, 1.54) is 16.7 Å². The number of alkyl halides is 2. The Morgan fingerprint density at radius 3 is 2.38 bits per heavy atom. The minimum Gasteiger partial charge on any atom is -0.398 e. The van der Waals surface area contributed by atoms with Crippen LogP contribution in [-0.4, -0.2) is 59.9 Å². The fraction of sp³-hybridized carbons (Fsp3) is 0.400. The smallest absolute Gasteiger partial charge is 0.240 e. The number of halogens is 2. The minimum absolute atomic E-state index is 0.0246. The van der Waals surface area contributed by atoms with Crippen LogP contribution in [0, 0.1) is 11.8 Å². The molecule has 0 radical (unpaired) electrons. The third-order valence-electron chi connectivity index (χ3n) is 8.50. The summed E-state index contributed by atoms with van der Waals surface area (Å²) in [5.41, 5.74) is 13.8. The molecule has 2 aromatic carbocycles. The van der Waals surface area contributed by atoms with Crippen molar-refractivity contribution in [1.29, 1.82) is 0 Å². The molecule has 3 aliphatic heterocycles. The molecule has 6 nitrogen and oxygen atoms in total. The Balaban J connectivity index is 1.16. The Morgan fingerprint density at radius 2 is 1.67 bits per heavy atom. The molecule has 3 heterocycles. The summed E-state index contributed by atoms with van der Waals surface area (Å²) in [7, 11) is 0. The molecular weight excluding hydrogens is 551 g/mol. The molecule has 0 fully saturated rings. The Labute approximate surface area is 243 Å². The predicted octanol–water partition coefficient (Wildman–Crippen LogP) is 5.23. The second-order valence-electron chi connectivity index (χ2n) is 10.9. The van der Waals surface area contributed by atoms with Crippen LogP contribution in [0.1, 0.15) is 25.3 Å². The standard InChI is InChI=1S/C30H32Cl2N4O2S/c1-16-7-23-29(27-17(2)15-39-30(16)27)19(10-32)14-35(23)25(37)11-34-12-26(38)36-13-18(9-31)28-21-6-4-3-5-20(21)22(33)8-24(28)36/h3-8,15,18-19,27,30,34H,9-14,33H2,1-2H3/t18-,19-,27?,30?/m1/s1. The van der Waals surface area contributed by atoms with Crippen LogP contribution in [0.4, 0.5) is 11.4 Å². The van der Waals surface area contributed by atoms with E-state index >= 15 is 0 Å². The molecule has 0 bridgehead atoms. The fourth-order valence-corrected chi connectivity index (χ4v) is 8.50. The molecule has 3 N–H and O–H groups in total. The maximum atomic E-state index is 13.4. The van der Waals surface area contributed by atoms with E-state index in [0.29, 0.717) is 41.7 Å². The first-order chi connectivity index (χ1) is 18.8. The number of thioether (sulfide) groups is 1. The van der Waals surface area contributed by atoms with E-state index in [-0.39, 0.29) is 36.7 Å². The van der Waals surface area contributed by atoms with Crippen LogP contribution in [-0.2, 0) is 9.59 Å². The summed E-state index contributed by atoms with van der Waals surface area (Å²) in [5.74, 6) is 1.21. The van der Waals surface area contributed by atoms with Crippen molar-refractivity contribution in [1.82, 2.24) is 10.2 Å². The van der Waals surface area contributed by atoms with Gasteiger partial charge in [-0.05, 0) is 47.9 Å². The number of allylic oxidation sites excluding steroid dienone is 2. The molecule has 0 saturated heterocycles. The Morgan fingerprint density at radius 1 is 1.00 bits per heavy atom. The zero-order valence-electron chi connectivity index (χ0n) is 22.0. The SMILES string of the molecule is CC1=CC2=C(C3C(C)=CSC13)[C@H](CCl)CN2C(=O)CNCC(=O)N1C[C@@H](CCl)c2c1cc(N)c1ccccc21. The van der Waals surface area contributed by atoms with Crippen molar-refractivity contribution in [3.8, 4) is 0 Å². The van der Waals surface area contributed by atoms with Gasteiger partial charge in [-0.1, -0.05) is 35.4 Å². The number of fused-ring (bicyclic) bond motifs is 5. The second-order valence-corrected chi connectivity index (χ2v) is 12.5. The molecule has 6 rings (SSSR count). The van der Waals surface area contributed by atoms with Crippen LogP contribution in [0.25, 0.3) is 10.8 Å². The first kappa shape index (κ1) is 26.8. The van der Waals surface area contributed by atoms with Gasteiger partial charge in [0.2, 0.25) is 11.8 Å². The van der Waals surface area contributed by atoms with Gasteiger partial charge in [-0.3, -0.25) is 14.9 Å². The molecule has 2 unspecified atom stereocenters. The van der Waals surface area contributed by atoms with Gasteiger partial charge < -0.3 is 15.5 Å². The minimum atomic E-state index is -0.105. The average molecular weight is 584 g/mol. The lowest BCUT2D eigenvalue weighted by atomic mass is 9.78. The highest BCUT2D eigenvalue weighted by Gasteiger charge is 2.45. The number of nitrogens with one attached hydrogen (secondary N) is 1. The molecule has 0 saturated carbocycles. The van der Waals surface area contributed by atoms with Crippen LogP contribution in [0.5, 0.6) is 0 Å². The van der Waals surface area contributed by atoms with Gasteiger partial charge in [-0.2, -0.15) is 0 Å². The van der Waals surface area contributed by atoms with Crippen molar-refractivity contribution in [2.45, 2.75) is 25.0 Å². The highest BCUT2D eigenvalue weighted by Crippen LogP contribution is 2.52. The highest BCUT2D eigenvalue weighted by atomic mass is 35.5. The maximum absolute atomic E-state index is 13.4. The van der Waals surface area contributed by atoms with Crippen LogP contribution < -0.4 is 16.0 Å². The van der Waals surface area contributed by atoms with E-state index in [1.54, 1.807) is 4.90 Å². The molecule has 0 aromatic heterocycles. The maximum Gasteiger partial charge on any atom is 0.240 e. The summed E-state index contributed by atoms with van der Waals surface area (Å²) in [6.45, 7) is 5.51. The van der Waals surface area contributed by atoms with Crippen molar-refractivity contribution in [3.05, 3.63) is 69.8 Å². The van der Waals surface area contributed by atoms with Crippen molar-refractivity contribution < 1.29 is 9.59 Å². The summed E-state index contributed by atoms with van der Waals surface area (Å²) in [4.78, 5) is 30.4. The first-order valence-electron chi connectivity index (χ1n) is 13.3. The molecule has 9 heteroatoms. The van der Waals surface area contributed by atoms with Gasteiger partial charge in [0.15, 0.2) is 0 Å². The number of nitrogen functional groups attached to an aromatic ring is 1. The summed E-state index contributed by atoms with van der Waals surface area (Å²) in [6, 6.07) is 9.84. The number of carbonyl (C=O) groups is 2. The first-order valence-corrected chi connectivity index (χ1v) is 15.3. The number of amides is 2. The van der Waals surface area contributed by atoms with E-state index in [2.05, 4.69) is 30.6 Å². The molecule has 2 amide bonds. The molecule has 1 aliphatic carbocycles. The summed E-state index contributed by atoms with van der Waals surface area (Å²) in [5, 5.41) is 7.75. The topological polar surface area (TPSA) is 78.7 Å². The van der Waals surface area contributed by atoms with Gasteiger partial charge in [-0.15, -0.1) is 35.0 Å². The van der Waals surface area contributed by atoms with Gasteiger partial charge in [0.1, 0.15) is 0 Å². The van der Waals surface area contributed by atoms with E-state index in [9.17, 15) is 9.59 Å².